The van der Waals surface area contributed by atoms with E-state index in [-0.39, 0.29) is 11.7 Å². The number of hydrogen-bond acceptors (Lipinski definition) is 5. The van der Waals surface area contributed by atoms with E-state index in [2.05, 4.69) is 26.2 Å². The average molecular weight is 412 g/mol. The van der Waals surface area contributed by atoms with E-state index in [1.807, 2.05) is 39.8 Å². The van der Waals surface area contributed by atoms with Gasteiger partial charge >= 0.3 is 0 Å². The van der Waals surface area contributed by atoms with Crippen molar-refractivity contribution in [1.29, 1.82) is 0 Å². The summed E-state index contributed by atoms with van der Waals surface area (Å²) in [4.78, 5) is 20.3. The Morgan fingerprint density at radius 2 is 1.73 bits per heavy atom. The van der Waals surface area contributed by atoms with Crippen LogP contribution in [-0.4, -0.2) is 32.8 Å². The number of ether oxygens (including phenoxy) is 1. The van der Waals surface area contributed by atoms with E-state index < -0.39 is 0 Å². The van der Waals surface area contributed by atoms with E-state index in [0.29, 0.717) is 17.5 Å². The number of nitrogens with zero attached hydrogens (tertiary/aromatic N) is 4. The number of benzene rings is 1. The van der Waals surface area contributed by atoms with Crippen LogP contribution >= 0.6 is 0 Å². The highest BCUT2D eigenvalue weighted by Crippen LogP contribution is 2.33. The number of fused-ring (bicyclic) bond motifs is 1. The third kappa shape index (κ3) is 5.55. The third-order valence-corrected chi connectivity index (χ3v) is 4.81. The minimum atomic E-state index is -0.372. The van der Waals surface area contributed by atoms with Crippen molar-refractivity contribution in [2.45, 2.75) is 65.8 Å². The van der Waals surface area contributed by atoms with Crippen molar-refractivity contribution in [3.05, 3.63) is 42.6 Å². The van der Waals surface area contributed by atoms with Gasteiger partial charge in [-0.3, -0.25) is 9.48 Å². The first-order chi connectivity index (χ1) is 14.7. The van der Waals surface area contributed by atoms with Crippen LogP contribution in [0, 0.1) is 0 Å². The standard InChI is InChI=1S/C19H21N5O2.2C2H6/c1-26-17-11-15-13(12-24(23-15)14-6-3-2-4-7-14)10-16(17)22-19(25)18-20-8-5-9-21-18;2*1-2/h5,8-12,14H,2-4,6-7H2,1H3,(H,22,25);2*1-2H3. The lowest BCUT2D eigenvalue weighted by molar-refractivity contribution is 0.101. The summed E-state index contributed by atoms with van der Waals surface area (Å²) in [5.41, 5.74) is 1.45. The van der Waals surface area contributed by atoms with Gasteiger partial charge in [-0.15, -0.1) is 0 Å². The molecular weight excluding hydrogens is 378 g/mol. The van der Waals surface area contributed by atoms with E-state index in [0.717, 1.165) is 10.9 Å². The van der Waals surface area contributed by atoms with Crippen molar-refractivity contribution in [2.75, 3.05) is 12.4 Å². The number of aromatic nitrogens is 4. The Morgan fingerprint density at radius 3 is 2.37 bits per heavy atom. The molecule has 0 unspecified atom stereocenters. The van der Waals surface area contributed by atoms with Gasteiger partial charge in [0.1, 0.15) is 5.75 Å². The molecule has 1 aliphatic rings. The molecule has 162 valence electrons. The molecule has 2 heterocycles. The highest BCUT2D eigenvalue weighted by molar-refractivity contribution is 6.03. The number of carbonyl (C=O) groups is 1. The minimum Gasteiger partial charge on any atom is -0.494 e. The number of carbonyl (C=O) groups excluding carboxylic acids is 1. The highest BCUT2D eigenvalue weighted by atomic mass is 16.5. The molecule has 4 rings (SSSR count). The van der Waals surface area contributed by atoms with Crippen LogP contribution in [0.4, 0.5) is 5.69 Å². The summed E-state index contributed by atoms with van der Waals surface area (Å²) in [5.74, 6) is 0.311. The second-order valence-corrected chi connectivity index (χ2v) is 6.54. The van der Waals surface area contributed by atoms with Crippen molar-refractivity contribution in [1.82, 2.24) is 19.7 Å². The number of nitrogens with one attached hydrogen (secondary N) is 1. The van der Waals surface area contributed by atoms with Gasteiger partial charge in [0.05, 0.1) is 24.4 Å². The van der Waals surface area contributed by atoms with Gasteiger partial charge in [-0.25, -0.2) is 9.97 Å². The summed E-state index contributed by atoms with van der Waals surface area (Å²) in [7, 11) is 1.58. The summed E-state index contributed by atoms with van der Waals surface area (Å²) in [6.45, 7) is 8.00. The number of rotatable bonds is 4. The summed E-state index contributed by atoms with van der Waals surface area (Å²) in [6, 6.07) is 5.87. The fourth-order valence-corrected chi connectivity index (χ4v) is 3.47. The largest absolute Gasteiger partial charge is 0.494 e. The summed E-state index contributed by atoms with van der Waals surface area (Å²) in [6.07, 6.45) is 11.3. The predicted octanol–water partition coefficient (Wildman–Crippen LogP) is 5.64. The molecule has 0 atom stereocenters. The van der Waals surface area contributed by atoms with Crippen molar-refractivity contribution in [3.63, 3.8) is 0 Å². The third-order valence-electron chi connectivity index (χ3n) is 4.81. The van der Waals surface area contributed by atoms with Crippen LogP contribution in [0.3, 0.4) is 0 Å². The number of methoxy groups -OCH3 is 1. The van der Waals surface area contributed by atoms with E-state index >= 15 is 0 Å². The van der Waals surface area contributed by atoms with Crippen LogP contribution in [0.5, 0.6) is 5.75 Å². The van der Waals surface area contributed by atoms with Crippen LogP contribution in [0.15, 0.2) is 36.8 Å². The smallest absolute Gasteiger partial charge is 0.293 e. The second-order valence-electron chi connectivity index (χ2n) is 6.54. The van der Waals surface area contributed by atoms with Gasteiger partial charge in [0.15, 0.2) is 0 Å². The zero-order valence-corrected chi connectivity index (χ0v) is 18.7. The van der Waals surface area contributed by atoms with Gasteiger partial charge in [-0.1, -0.05) is 47.0 Å². The normalized spacial score (nSPS) is 13.5. The Kier molecular flexibility index (Phi) is 9.25. The maximum atomic E-state index is 12.4. The molecule has 7 nitrogen and oxygen atoms in total. The topological polar surface area (TPSA) is 81.9 Å². The van der Waals surface area contributed by atoms with Gasteiger partial charge in [-0.05, 0) is 25.0 Å². The zero-order chi connectivity index (χ0) is 21.9. The molecule has 1 fully saturated rings. The molecule has 30 heavy (non-hydrogen) atoms. The Bertz CT molecular complexity index is 918. The molecule has 0 saturated heterocycles. The number of anilines is 1. The quantitative estimate of drug-likeness (QED) is 0.600. The molecule has 0 aliphatic heterocycles. The average Bonchev–Trinajstić information content (AvgIpc) is 3.25. The molecule has 3 aromatic rings. The van der Waals surface area contributed by atoms with Crippen LogP contribution < -0.4 is 10.1 Å². The molecule has 0 bridgehead atoms. The molecule has 1 aromatic carbocycles. The summed E-state index contributed by atoms with van der Waals surface area (Å²) in [5, 5.41) is 8.53. The molecule has 2 aromatic heterocycles. The van der Waals surface area contributed by atoms with Crippen molar-refractivity contribution >= 4 is 22.5 Å². The first kappa shape index (κ1) is 23.3. The lowest BCUT2D eigenvalue weighted by atomic mass is 9.96. The van der Waals surface area contributed by atoms with E-state index in [1.165, 1.54) is 44.5 Å². The summed E-state index contributed by atoms with van der Waals surface area (Å²) < 4.78 is 7.50. The monoisotopic (exact) mass is 411 g/mol. The van der Waals surface area contributed by atoms with Crippen LogP contribution in [-0.2, 0) is 0 Å². The molecule has 1 aliphatic carbocycles. The Labute approximate surface area is 178 Å². The van der Waals surface area contributed by atoms with Crippen molar-refractivity contribution in [2.24, 2.45) is 0 Å². The lowest BCUT2D eigenvalue weighted by Crippen LogP contribution is -2.15. The first-order valence-electron chi connectivity index (χ1n) is 10.9. The SMILES string of the molecule is CC.CC.COc1cc2nn(C3CCCCC3)cc2cc1NC(=O)c1ncccn1. The maximum absolute atomic E-state index is 12.4. The van der Waals surface area contributed by atoms with Gasteiger partial charge in [0.2, 0.25) is 5.82 Å². The van der Waals surface area contributed by atoms with Crippen molar-refractivity contribution < 1.29 is 9.53 Å². The first-order valence-corrected chi connectivity index (χ1v) is 10.9. The second kappa shape index (κ2) is 11.9. The number of amides is 1. The zero-order valence-electron chi connectivity index (χ0n) is 18.7. The molecule has 1 N–H and O–H groups in total. The Morgan fingerprint density at radius 1 is 1.07 bits per heavy atom. The van der Waals surface area contributed by atoms with Gasteiger partial charge in [-0.2, -0.15) is 5.10 Å². The molecule has 1 saturated carbocycles. The minimum absolute atomic E-state index is 0.118. The van der Waals surface area contributed by atoms with Crippen LogP contribution in [0.25, 0.3) is 10.9 Å². The Hall–Kier alpha value is -2.96. The van der Waals surface area contributed by atoms with Crippen LogP contribution in [0.2, 0.25) is 0 Å². The molecule has 7 heteroatoms. The highest BCUT2D eigenvalue weighted by Gasteiger charge is 2.18. The van der Waals surface area contributed by atoms with E-state index in [1.54, 1.807) is 13.2 Å². The molecule has 0 radical (unpaired) electrons. The number of hydrogen-bond donors (Lipinski definition) is 1. The Balaban J connectivity index is 0.000000757. The summed E-state index contributed by atoms with van der Waals surface area (Å²) >= 11 is 0. The van der Waals surface area contributed by atoms with Crippen LogP contribution in [0.1, 0.15) is 76.5 Å². The van der Waals surface area contributed by atoms with Gasteiger partial charge in [0.25, 0.3) is 5.91 Å². The molecule has 0 spiro atoms. The van der Waals surface area contributed by atoms with E-state index in [9.17, 15) is 4.79 Å². The van der Waals surface area contributed by atoms with E-state index in [4.69, 9.17) is 9.84 Å². The lowest BCUT2D eigenvalue weighted by Gasteiger charge is -2.21. The van der Waals surface area contributed by atoms with Gasteiger partial charge < -0.3 is 10.1 Å². The maximum Gasteiger partial charge on any atom is 0.293 e. The predicted molar refractivity (Wildman–Crippen MR) is 121 cm³/mol. The van der Waals surface area contributed by atoms with Crippen molar-refractivity contribution in [3.8, 4) is 5.75 Å². The fourth-order valence-electron chi connectivity index (χ4n) is 3.47. The fraction of sp³-hybridized carbons (Fsp3) is 0.478. The van der Waals surface area contributed by atoms with Gasteiger partial charge in [0, 0.05) is 30.0 Å². The molecule has 1 amide bonds. The molecular formula is C23H33N5O2.